The Morgan fingerprint density at radius 1 is 0.909 bits per heavy atom. The third kappa shape index (κ3) is 7.51. The molecule has 2 aromatic carbocycles. The molecule has 0 atom stereocenters. The van der Waals surface area contributed by atoms with Crippen LogP contribution in [-0.4, -0.2) is 48.4 Å². The lowest BCUT2D eigenvalue weighted by Gasteiger charge is -2.28. The Morgan fingerprint density at radius 3 is 2.27 bits per heavy atom. The Balaban J connectivity index is 1.75. The molecule has 3 rings (SSSR count). The maximum absolute atomic E-state index is 13.4. The van der Waals surface area contributed by atoms with Gasteiger partial charge in [0.15, 0.2) is 0 Å². The number of aryl methyl sites for hydroxylation is 1. The minimum atomic E-state index is -0.349. The zero-order chi connectivity index (χ0) is 23.6. The molecule has 3 aromatic rings. The largest absolute Gasteiger partial charge is 0.383 e. The lowest BCUT2D eigenvalue weighted by molar-refractivity contribution is -0.141. The Kier molecular flexibility index (Phi) is 9.15. The highest BCUT2D eigenvalue weighted by Gasteiger charge is 2.22. The van der Waals surface area contributed by atoms with E-state index < -0.39 is 0 Å². The summed E-state index contributed by atoms with van der Waals surface area (Å²) >= 11 is 1.62. The van der Waals surface area contributed by atoms with E-state index in [1.165, 1.54) is 17.0 Å². The summed E-state index contributed by atoms with van der Waals surface area (Å²) in [5.41, 5.74) is 2.88. The van der Waals surface area contributed by atoms with Gasteiger partial charge in [-0.1, -0.05) is 42.5 Å². The number of nitrogens with zero attached hydrogens (tertiary/aromatic N) is 2. The number of rotatable bonds is 11. The molecule has 0 aliphatic carbocycles. The molecule has 0 aliphatic rings. The number of hydrogen-bond donors (Lipinski definition) is 0. The van der Waals surface area contributed by atoms with Crippen LogP contribution in [0.5, 0.6) is 0 Å². The number of carbonyl (C=O) groups is 2. The number of methoxy groups -OCH3 is 1. The van der Waals surface area contributed by atoms with Crippen LogP contribution in [0.25, 0.3) is 0 Å². The number of thiophene rings is 1. The van der Waals surface area contributed by atoms with Crippen LogP contribution >= 0.6 is 11.3 Å². The normalized spacial score (nSPS) is 10.8. The summed E-state index contributed by atoms with van der Waals surface area (Å²) in [7, 11) is 1.56. The molecule has 0 fully saturated rings. The van der Waals surface area contributed by atoms with Gasteiger partial charge in [-0.25, -0.2) is 4.39 Å². The molecule has 1 heterocycles. The van der Waals surface area contributed by atoms with Crippen LogP contribution < -0.4 is 0 Å². The first kappa shape index (κ1) is 24.6. The van der Waals surface area contributed by atoms with Crippen LogP contribution in [0.2, 0.25) is 0 Å². The summed E-state index contributed by atoms with van der Waals surface area (Å²) in [5, 5.41) is 2.02. The molecule has 7 heteroatoms. The predicted molar refractivity (Wildman–Crippen MR) is 128 cm³/mol. The standard InChI is InChI=1S/C26H29FN2O3S/c1-20-12-15-33-24(20)18-29(17-22-6-4-3-5-7-22)26(31)19-28(13-14-32-2)25(30)16-21-8-10-23(27)11-9-21/h3-12,15H,13-14,16-19H2,1-2H3. The molecular weight excluding hydrogens is 439 g/mol. The summed E-state index contributed by atoms with van der Waals surface area (Å²) in [5.74, 6) is -0.674. The maximum atomic E-state index is 13.4. The molecule has 1 aromatic heterocycles. The molecule has 33 heavy (non-hydrogen) atoms. The molecule has 174 valence electrons. The second-order valence-corrected chi connectivity index (χ2v) is 8.87. The van der Waals surface area contributed by atoms with Crippen molar-refractivity contribution in [3.05, 3.63) is 93.4 Å². The smallest absolute Gasteiger partial charge is 0.242 e. The van der Waals surface area contributed by atoms with E-state index in [0.717, 1.165) is 16.0 Å². The number of benzene rings is 2. The molecule has 0 radical (unpaired) electrons. The van der Waals surface area contributed by atoms with E-state index >= 15 is 0 Å². The minimum Gasteiger partial charge on any atom is -0.383 e. The summed E-state index contributed by atoms with van der Waals surface area (Å²) in [6.45, 7) is 3.57. The summed E-state index contributed by atoms with van der Waals surface area (Å²) < 4.78 is 18.4. The monoisotopic (exact) mass is 468 g/mol. The fraction of sp³-hybridized carbons (Fsp3) is 0.308. The van der Waals surface area contributed by atoms with Crippen LogP contribution in [0.15, 0.2) is 66.0 Å². The fourth-order valence-corrected chi connectivity index (χ4v) is 4.34. The van der Waals surface area contributed by atoms with E-state index in [4.69, 9.17) is 4.74 Å². The van der Waals surface area contributed by atoms with Crippen molar-refractivity contribution < 1.29 is 18.7 Å². The highest BCUT2D eigenvalue weighted by molar-refractivity contribution is 7.10. The van der Waals surface area contributed by atoms with E-state index in [9.17, 15) is 14.0 Å². The molecule has 0 saturated heterocycles. The zero-order valence-electron chi connectivity index (χ0n) is 19.0. The van der Waals surface area contributed by atoms with Crippen molar-refractivity contribution in [1.29, 1.82) is 0 Å². The highest BCUT2D eigenvalue weighted by Crippen LogP contribution is 2.20. The van der Waals surface area contributed by atoms with Crippen LogP contribution in [0.3, 0.4) is 0 Å². The van der Waals surface area contributed by atoms with Gasteiger partial charge in [0.1, 0.15) is 5.82 Å². The van der Waals surface area contributed by atoms with Gasteiger partial charge in [-0.3, -0.25) is 9.59 Å². The Bertz CT molecular complexity index is 1040. The van der Waals surface area contributed by atoms with Gasteiger partial charge >= 0.3 is 0 Å². The first-order valence-corrected chi connectivity index (χ1v) is 11.7. The minimum absolute atomic E-state index is 0.0410. The topological polar surface area (TPSA) is 49.9 Å². The molecule has 2 amide bonds. The summed E-state index contributed by atoms with van der Waals surface area (Å²) in [6, 6.07) is 17.7. The average Bonchev–Trinajstić information content (AvgIpc) is 3.22. The van der Waals surface area contributed by atoms with E-state index in [-0.39, 0.29) is 30.6 Å². The van der Waals surface area contributed by atoms with Crippen LogP contribution in [0.1, 0.15) is 21.6 Å². The molecule has 0 unspecified atom stereocenters. The quantitative estimate of drug-likeness (QED) is 0.418. The number of halogens is 1. The van der Waals surface area contributed by atoms with Gasteiger partial charge in [0.2, 0.25) is 11.8 Å². The first-order chi connectivity index (χ1) is 16.0. The molecule has 0 N–H and O–H groups in total. The van der Waals surface area contributed by atoms with Crippen LogP contribution in [0.4, 0.5) is 4.39 Å². The van der Waals surface area contributed by atoms with Gasteiger partial charge in [-0.05, 0) is 47.2 Å². The molecular formula is C26H29FN2O3S. The lowest BCUT2D eigenvalue weighted by atomic mass is 10.1. The second-order valence-electron chi connectivity index (χ2n) is 7.87. The van der Waals surface area contributed by atoms with Gasteiger partial charge in [0.05, 0.1) is 26.1 Å². The third-order valence-electron chi connectivity index (χ3n) is 5.38. The number of amides is 2. The van der Waals surface area contributed by atoms with Crippen molar-refractivity contribution in [2.75, 3.05) is 26.8 Å². The van der Waals surface area contributed by atoms with Crippen molar-refractivity contribution in [3.8, 4) is 0 Å². The molecule has 0 aliphatic heterocycles. The summed E-state index contributed by atoms with van der Waals surface area (Å²) in [6.07, 6.45) is 0.0972. The Hall–Kier alpha value is -3.03. The Morgan fingerprint density at radius 2 is 1.64 bits per heavy atom. The number of ether oxygens (including phenoxy) is 1. The Labute approximate surface area is 198 Å². The van der Waals surface area contributed by atoms with Crippen LogP contribution in [-0.2, 0) is 33.8 Å². The van der Waals surface area contributed by atoms with Crippen molar-refractivity contribution >= 4 is 23.2 Å². The average molecular weight is 469 g/mol. The fourth-order valence-electron chi connectivity index (χ4n) is 3.42. The predicted octanol–water partition coefficient (Wildman–Crippen LogP) is 4.44. The molecule has 0 bridgehead atoms. The lowest BCUT2D eigenvalue weighted by Crippen LogP contribution is -2.44. The third-order valence-corrected chi connectivity index (χ3v) is 6.39. The van der Waals surface area contributed by atoms with Gasteiger partial charge in [0, 0.05) is 25.1 Å². The van der Waals surface area contributed by atoms with Gasteiger partial charge < -0.3 is 14.5 Å². The number of hydrogen-bond acceptors (Lipinski definition) is 4. The van der Waals surface area contributed by atoms with Gasteiger partial charge in [-0.15, -0.1) is 11.3 Å². The highest BCUT2D eigenvalue weighted by atomic mass is 32.1. The van der Waals surface area contributed by atoms with E-state index in [0.29, 0.717) is 31.8 Å². The molecule has 5 nitrogen and oxygen atoms in total. The van der Waals surface area contributed by atoms with Crippen molar-refractivity contribution in [1.82, 2.24) is 9.80 Å². The van der Waals surface area contributed by atoms with E-state index in [2.05, 4.69) is 0 Å². The second kappa shape index (κ2) is 12.3. The van der Waals surface area contributed by atoms with Gasteiger partial charge in [0.25, 0.3) is 0 Å². The SMILES string of the molecule is COCCN(CC(=O)N(Cc1ccccc1)Cc1sccc1C)C(=O)Cc1ccc(F)cc1. The van der Waals surface area contributed by atoms with Crippen molar-refractivity contribution in [3.63, 3.8) is 0 Å². The van der Waals surface area contributed by atoms with Crippen molar-refractivity contribution in [2.45, 2.75) is 26.4 Å². The molecule has 0 saturated carbocycles. The summed E-state index contributed by atoms with van der Waals surface area (Å²) in [4.78, 5) is 30.8. The first-order valence-electron chi connectivity index (χ1n) is 10.8. The van der Waals surface area contributed by atoms with E-state index in [1.807, 2.05) is 48.7 Å². The maximum Gasteiger partial charge on any atom is 0.242 e. The zero-order valence-corrected chi connectivity index (χ0v) is 19.8. The van der Waals surface area contributed by atoms with E-state index in [1.54, 1.807) is 35.5 Å². The molecule has 0 spiro atoms. The van der Waals surface area contributed by atoms with Crippen LogP contribution in [0, 0.1) is 12.7 Å². The van der Waals surface area contributed by atoms with Gasteiger partial charge in [-0.2, -0.15) is 0 Å². The number of carbonyl (C=O) groups excluding carboxylic acids is 2. The van der Waals surface area contributed by atoms with Crippen molar-refractivity contribution in [2.24, 2.45) is 0 Å².